The molecule has 0 unspecified atom stereocenters. The average molecular weight is 345 g/mol. The Hall–Kier alpha value is -2.71. The summed E-state index contributed by atoms with van der Waals surface area (Å²) in [6.45, 7) is 6.07. The van der Waals surface area contributed by atoms with Crippen molar-refractivity contribution < 1.29 is 0 Å². The maximum Gasteiger partial charge on any atom is 0.155 e. The maximum absolute atomic E-state index is 9.66. The number of hydrogen-bond donors (Lipinski definition) is 2. The van der Waals surface area contributed by atoms with E-state index < -0.39 is 5.41 Å². The topological polar surface area (TPSA) is 77.4 Å². The summed E-state index contributed by atoms with van der Waals surface area (Å²) in [5, 5.41) is 21.2. The number of aromatic nitrogens is 3. The van der Waals surface area contributed by atoms with E-state index >= 15 is 0 Å². The lowest BCUT2D eigenvalue weighted by molar-refractivity contribution is 0.460. The average Bonchev–Trinajstić information content (AvgIpc) is 3.17. The van der Waals surface area contributed by atoms with Gasteiger partial charge in [-0.05, 0) is 80.1 Å². The van der Waals surface area contributed by atoms with Crippen molar-refractivity contribution in [2.45, 2.75) is 38.0 Å². The van der Waals surface area contributed by atoms with Crippen molar-refractivity contribution in [1.29, 1.82) is 5.26 Å². The first kappa shape index (κ1) is 16.7. The first-order valence-electron chi connectivity index (χ1n) is 9.14. The minimum atomic E-state index is -0.528. The Morgan fingerprint density at radius 1 is 1.19 bits per heavy atom. The van der Waals surface area contributed by atoms with E-state index in [4.69, 9.17) is 0 Å². The molecule has 5 nitrogen and oxygen atoms in total. The van der Waals surface area contributed by atoms with Crippen LogP contribution in [0, 0.1) is 11.3 Å². The van der Waals surface area contributed by atoms with Gasteiger partial charge in [-0.25, -0.2) is 4.98 Å². The van der Waals surface area contributed by atoms with E-state index in [0.29, 0.717) is 5.92 Å². The Morgan fingerprint density at radius 3 is 2.77 bits per heavy atom. The van der Waals surface area contributed by atoms with Crippen molar-refractivity contribution in [2.75, 3.05) is 13.1 Å². The molecule has 26 heavy (non-hydrogen) atoms. The quantitative estimate of drug-likeness (QED) is 0.755. The lowest BCUT2D eigenvalue weighted by Gasteiger charge is -2.26. The van der Waals surface area contributed by atoms with E-state index in [-0.39, 0.29) is 0 Å². The Kier molecular flexibility index (Phi) is 4.21. The van der Waals surface area contributed by atoms with Crippen LogP contribution in [0.2, 0.25) is 0 Å². The van der Waals surface area contributed by atoms with Crippen molar-refractivity contribution in [3.05, 3.63) is 47.8 Å². The first-order valence-corrected chi connectivity index (χ1v) is 9.14. The third-order valence-corrected chi connectivity index (χ3v) is 5.43. The molecule has 1 saturated heterocycles. The maximum atomic E-state index is 9.66. The molecular weight excluding hydrogens is 322 g/mol. The molecule has 1 aliphatic heterocycles. The molecule has 5 heteroatoms. The third-order valence-electron chi connectivity index (χ3n) is 5.43. The highest BCUT2D eigenvalue weighted by Gasteiger charge is 2.24. The van der Waals surface area contributed by atoms with Gasteiger partial charge in [0.05, 0.1) is 17.7 Å². The van der Waals surface area contributed by atoms with E-state index in [0.717, 1.165) is 53.7 Å². The molecule has 2 N–H and O–H groups in total. The Labute approximate surface area is 153 Å². The molecule has 0 radical (unpaired) electrons. The highest BCUT2D eigenvalue weighted by molar-refractivity contribution is 5.92. The van der Waals surface area contributed by atoms with Gasteiger partial charge >= 0.3 is 0 Å². The van der Waals surface area contributed by atoms with Gasteiger partial charge in [-0.2, -0.15) is 10.4 Å². The minimum Gasteiger partial charge on any atom is -0.317 e. The second kappa shape index (κ2) is 6.54. The highest BCUT2D eigenvalue weighted by atomic mass is 15.1. The molecule has 0 aliphatic carbocycles. The summed E-state index contributed by atoms with van der Waals surface area (Å²) in [5.41, 5.74) is 4.90. The molecular formula is C21H23N5. The number of nitrogens with one attached hydrogen (secondary N) is 2. The smallest absolute Gasteiger partial charge is 0.155 e. The van der Waals surface area contributed by atoms with Crippen LogP contribution in [-0.4, -0.2) is 28.3 Å². The summed E-state index contributed by atoms with van der Waals surface area (Å²) in [5.74, 6) is 0.533. The molecule has 0 atom stereocenters. The summed E-state index contributed by atoms with van der Waals surface area (Å²) >= 11 is 0. The number of aromatic amines is 1. The van der Waals surface area contributed by atoms with Gasteiger partial charge in [0, 0.05) is 11.6 Å². The van der Waals surface area contributed by atoms with E-state index in [1.54, 1.807) is 0 Å². The SMILES string of the molecule is CC(C)(C#N)c1cc(-c2ccnc3[nH]ncc23)cc(C2CCNCC2)c1. The number of hydrogen-bond acceptors (Lipinski definition) is 4. The van der Waals surface area contributed by atoms with Crippen molar-refractivity contribution in [3.63, 3.8) is 0 Å². The molecule has 132 valence electrons. The lowest BCUT2D eigenvalue weighted by atomic mass is 9.80. The Balaban J connectivity index is 1.89. The van der Waals surface area contributed by atoms with Crippen LogP contribution in [-0.2, 0) is 5.41 Å². The monoisotopic (exact) mass is 345 g/mol. The number of nitrogens with zero attached hydrogens (tertiary/aromatic N) is 3. The molecule has 4 rings (SSSR count). The number of nitriles is 1. The number of piperidine rings is 1. The van der Waals surface area contributed by atoms with Crippen LogP contribution in [0.3, 0.4) is 0 Å². The Bertz CT molecular complexity index is 973. The summed E-state index contributed by atoms with van der Waals surface area (Å²) < 4.78 is 0. The van der Waals surface area contributed by atoms with Crippen LogP contribution in [0.25, 0.3) is 22.2 Å². The fraction of sp³-hybridized carbons (Fsp3) is 0.381. The normalized spacial score (nSPS) is 15.9. The molecule has 0 bridgehead atoms. The molecule has 2 aromatic heterocycles. The summed E-state index contributed by atoms with van der Waals surface area (Å²) in [6.07, 6.45) is 5.90. The van der Waals surface area contributed by atoms with Crippen molar-refractivity contribution in [2.24, 2.45) is 0 Å². The number of H-pyrrole nitrogens is 1. The molecule has 1 aliphatic rings. The van der Waals surface area contributed by atoms with Crippen LogP contribution >= 0.6 is 0 Å². The van der Waals surface area contributed by atoms with Crippen LogP contribution in [0.4, 0.5) is 0 Å². The fourth-order valence-electron chi connectivity index (χ4n) is 3.73. The van der Waals surface area contributed by atoms with Crippen molar-refractivity contribution >= 4 is 11.0 Å². The van der Waals surface area contributed by atoms with Crippen LogP contribution < -0.4 is 5.32 Å². The van der Waals surface area contributed by atoms with Crippen molar-refractivity contribution in [1.82, 2.24) is 20.5 Å². The van der Waals surface area contributed by atoms with Gasteiger partial charge in [0.25, 0.3) is 0 Å². The first-order chi connectivity index (χ1) is 12.6. The van der Waals surface area contributed by atoms with E-state index in [9.17, 15) is 5.26 Å². The van der Waals surface area contributed by atoms with Gasteiger partial charge in [0.15, 0.2) is 5.65 Å². The summed E-state index contributed by atoms with van der Waals surface area (Å²) in [6, 6.07) is 11.2. The predicted molar refractivity (Wildman–Crippen MR) is 103 cm³/mol. The van der Waals surface area contributed by atoms with Gasteiger partial charge in [0.2, 0.25) is 0 Å². The van der Waals surface area contributed by atoms with E-state index in [1.165, 1.54) is 5.56 Å². The minimum absolute atomic E-state index is 0.528. The van der Waals surface area contributed by atoms with Gasteiger partial charge in [-0.3, -0.25) is 5.10 Å². The summed E-state index contributed by atoms with van der Waals surface area (Å²) in [4.78, 5) is 4.35. The van der Waals surface area contributed by atoms with Crippen molar-refractivity contribution in [3.8, 4) is 17.2 Å². The molecule has 0 spiro atoms. The Morgan fingerprint density at radius 2 is 2.00 bits per heavy atom. The standard InChI is InChI=1S/C21H23N5/c1-21(2,13-22)17-10-15(14-3-6-23-7-4-14)9-16(11-17)18-5-8-24-20-19(18)12-25-26-20/h5,8-12,14,23H,3-4,6-7H2,1-2H3,(H,24,25,26). The molecule has 3 aromatic rings. The van der Waals surface area contributed by atoms with Gasteiger partial charge in [-0.15, -0.1) is 0 Å². The molecule has 1 aromatic carbocycles. The van der Waals surface area contributed by atoms with Crippen LogP contribution in [0.5, 0.6) is 0 Å². The van der Waals surface area contributed by atoms with Crippen LogP contribution in [0.15, 0.2) is 36.7 Å². The lowest BCUT2D eigenvalue weighted by Crippen LogP contribution is -2.27. The molecule has 0 amide bonds. The van der Waals surface area contributed by atoms with Gasteiger partial charge < -0.3 is 5.32 Å². The predicted octanol–water partition coefficient (Wildman–Crippen LogP) is 3.89. The number of pyridine rings is 1. The number of fused-ring (bicyclic) bond motifs is 1. The molecule has 0 saturated carbocycles. The highest BCUT2D eigenvalue weighted by Crippen LogP contribution is 2.36. The van der Waals surface area contributed by atoms with E-state index in [1.807, 2.05) is 32.3 Å². The number of rotatable bonds is 3. The fourth-order valence-corrected chi connectivity index (χ4v) is 3.73. The zero-order chi connectivity index (χ0) is 18.1. The summed E-state index contributed by atoms with van der Waals surface area (Å²) in [7, 11) is 0. The molecule has 3 heterocycles. The number of benzene rings is 1. The third kappa shape index (κ3) is 2.97. The second-order valence-electron chi connectivity index (χ2n) is 7.60. The van der Waals surface area contributed by atoms with Gasteiger partial charge in [-0.1, -0.05) is 12.1 Å². The zero-order valence-corrected chi connectivity index (χ0v) is 15.2. The zero-order valence-electron chi connectivity index (χ0n) is 15.2. The van der Waals surface area contributed by atoms with Crippen LogP contribution in [0.1, 0.15) is 43.7 Å². The van der Waals surface area contributed by atoms with E-state index in [2.05, 4.69) is 44.8 Å². The largest absolute Gasteiger partial charge is 0.317 e. The van der Waals surface area contributed by atoms with Gasteiger partial charge in [0.1, 0.15) is 0 Å². The molecule has 1 fully saturated rings. The second-order valence-corrected chi connectivity index (χ2v) is 7.60.